The normalized spacial score (nSPS) is 11.1. The summed E-state index contributed by atoms with van der Waals surface area (Å²) in [6.07, 6.45) is 2.12. The molecule has 7 nitrogen and oxygen atoms in total. The van der Waals surface area contributed by atoms with Gasteiger partial charge in [0.25, 0.3) is 5.69 Å². The highest BCUT2D eigenvalue weighted by Crippen LogP contribution is 2.18. The first-order valence-corrected chi connectivity index (χ1v) is 7.36. The van der Waals surface area contributed by atoms with Gasteiger partial charge in [0.15, 0.2) is 5.82 Å². The fourth-order valence-corrected chi connectivity index (χ4v) is 2.83. The van der Waals surface area contributed by atoms with E-state index in [1.54, 1.807) is 0 Å². The molecular weight excluding hydrogens is 301 g/mol. The second kappa shape index (κ2) is 5.83. The van der Waals surface area contributed by atoms with Crippen molar-refractivity contribution in [1.29, 1.82) is 0 Å². The van der Waals surface area contributed by atoms with Crippen molar-refractivity contribution in [1.82, 2.24) is 4.98 Å². The van der Waals surface area contributed by atoms with Crippen LogP contribution in [-0.2, 0) is 15.8 Å². The number of nitro groups is 1. The fourth-order valence-electron chi connectivity index (χ4n) is 1.64. The molecule has 0 spiro atoms. The number of aromatic nitrogens is 1. The summed E-state index contributed by atoms with van der Waals surface area (Å²) in [7, 11) is -3.89. The van der Waals surface area contributed by atoms with Crippen LogP contribution in [0.2, 0.25) is 0 Å². The van der Waals surface area contributed by atoms with Crippen LogP contribution in [0.25, 0.3) is 0 Å². The SMILES string of the molecule is O=[N+]([O-])c1cccc(CS(=O)(=O)Nc2ccncc2F)c1. The number of hydrogen-bond acceptors (Lipinski definition) is 5. The minimum atomic E-state index is -3.89. The molecule has 0 unspecified atom stereocenters. The van der Waals surface area contributed by atoms with E-state index in [0.717, 1.165) is 12.3 Å². The van der Waals surface area contributed by atoms with Crippen LogP contribution < -0.4 is 4.72 Å². The van der Waals surface area contributed by atoms with Gasteiger partial charge in [0, 0.05) is 18.3 Å². The molecule has 2 aromatic rings. The molecule has 1 aromatic heterocycles. The number of anilines is 1. The number of halogens is 1. The van der Waals surface area contributed by atoms with Gasteiger partial charge in [0.1, 0.15) is 0 Å². The topological polar surface area (TPSA) is 102 Å². The lowest BCUT2D eigenvalue weighted by Crippen LogP contribution is -2.16. The quantitative estimate of drug-likeness (QED) is 0.672. The molecular formula is C12H10FN3O4S. The molecule has 2 rings (SSSR count). The largest absolute Gasteiger partial charge is 0.280 e. The van der Waals surface area contributed by atoms with Crippen molar-refractivity contribution in [3.63, 3.8) is 0 Å². The third-order valence-electron chi connectivity index (χ3n) is 2.52. The van der Waals surface area contributed by atoms with Crippen molar-refractivity contribution >= 4 is 21.4 Å². The lowest BCUT2D eigenvalue weighted by Gasteiger charge is -2.08. The minimum absolute atomic E-state index is 0.210. The highest BCUT2D eigenvalue weighted by atomic mass is 32.2. The second-order valence-corrected chi connectivity index (χ2v) is 5.87. The van der Waals surface area contributed by atoms with Gasteiger partial charge in [0.2, 0.25) is 10.0 Å². The van der Waals surface area contributed by atoms with Crippen LogP contribution in [0.1, 0.15) is 5.56 Å². The van der Waals surface area contributed by atoms with Gasteiger partial charge < -0.3 is 0 Å². The highest BCUT2D eigenvalue weighted by molar-refractivity contribution is 7.91. The summed E-state index contributed by atoms with van der Waals surface area (Å²) in [5, 5.41) is 10.6. The summed E-state index contributed by atoms with van der Waals surface area (Å²) < 4.78 is 39.3. The van der Waals surface area contributed by atoms with Crippen LogP contribution in [0.3, 0.4) is 0 Å². The van der Waals surface area contributed by atoms with Crippen molar-refractivity contribution in [3.8, 4) is 0 Å². The Morgan fingerprint density at radius 2 is 2.10 bits per heavy atom. The number of benzene rings is 1. The van der Waals surface area contributed by atoms with E-state index in [9.17, 15) is 22.9 Å². The highest BCUT2D eigenvalue weighted by Gasteiger charge is 2.16. The minimum Gasteiger partial charge on any atom is -0.280 e. The molecule has 1 aromatic carbocycles. The van der Waals surface area contributed by atoms with Crippen LogP contribution >= 0.6 is 0 Å². The summed E-state index contributed by atoms with van der Waals surface area (Å²) in [6.45, 7) is 0. The maximum Gasteiger partial charge on any atom is 0.269 e. The van der Waals surface area contributed by atoms with Gasteiger partial charge in [-0.2, -0.15) is 0 Å². The van der Waals surface area contributed by atoms with E-state index in [1.165, 1.54) is 30.5 Å². The number of nitrogens with zero attached hydrogens (tertiary/aromatic N) is 2. The van der Waals surface area contributed by atoms with Crippen molar-refractivity contribution in [2.45, 2.75) is 5.75 Å². The van der Waals surface area contributed by atoms with Gasteiger partial charge in [-0.1, -0.05) is 12.1 Å². The van der Waals surface area contributed by atoms with Crippen molar-refractivity contribution < 1.29 is 17.7 Å². The zero-order valence-corrected chi connectivity index (χ0v) is 11.4. The first-order chi connectivity index (χ1) is 9.87. The summed E-state index contributed by atoms with van der Waals surface area (Å²) in [4.78, 5) is 13.5. The predicted octanol–water partition coefficient (Wildman–Crippen LogP) is 2.07. The summed E-state index contributed by atoms with van der Waals surface area (Å²) in [5.74, 6) is -1.31. The molecule has 0 aliphatic heterocycles. The van der Waals surface area contributed by atoms with E-state index >= 15 is 0 Å². The van der Waals surface area contributed by atoms with E-state index in [-0.39, 0.29) is 16.9 Å². The molecule has 9 heteroatoms. The predicted molar refractivity (Wildman–Crippen MR) is 73.5 cm³/mol. The Morgan fingerprint density at radius 3 is 2.76 bits per heavy atom. The second-order valence-electron chi connectivity index (χ2n) is 4.14. The molecule has 0 bridgehead atoms. The van der Waals surface area contributed by atoms with E-state index < -0.39 is 26.5 Å². The Labute approximate surface area is 119 Å². The summed E-state index contributed by atoms with van der Waals surface area (Å²) in [6, 6.07) is 6.42. The van der Waals surface area contributed by atoms with Crippen LogP contribution in [-0.4, -0.2) is 18.3 Å². The molecule has 0 atom stereocenters. The Bertz CT molecular complexity index is 780. The molecule has 0 amide bonds. The fraction of sp³-hybridized carbons (Fsp3) is 0.0833. The Hall–Kier alpha value is -2.55. The van der Waals surface area contributed by atoms with Gasteiger partial charge in [-0.15, -0.1) is 0 Å². The van der Waals surface area contributed by atoms with Gasteiger partial charge in [-0.3, -0.25) is 19.8 Å². The number of non-ortho nitro benzene ring substituents is 1. The molecule has 0 fully saturated rings. The summed E-state index contributed by atoms with van der Waals surface area (Å²) in [5.41, 5.74) is -0.209. The van der Waals surface area contributed by atoms with Crippen molar-refractivity contribution in [2.24, 2.45) is 0 Å². The Balaban J connectivity index is 2.20. The monoisotopic (exact) mass is 311 g/mol. The lowest BCUT2D eigenvalue weighted by atomic mass is 10.2. The molecule has 1 N–H and O–H groups in total. The molecule has 1 heterocycles. The molecule has 110 valence electrons. The number of nitrogens with one attached hydrogen (secondary N) is 1. The first kappa shape index (κ1) is 14.9. The van der Waals surface area contributed by atoms with E-state index in [4.69, 9.17) is 0 Å². The first-order valence-electron chi connectivity index (χ1n) is 5.71. The number of hydrogen-bond donors (Lipinski definition) is 1. The molecule has 21 heavy (non-hydrogen) atoms. The van der Waals surface area contributed by atoms with E-state index in [2.05, 4.69) is 9.71 Å². The maximum atomic E-state index is 13.3. The Kier molecular flexibility index (Phi) is 4.13. The molecule has 0 aliphatic rings. The third-order valence-corrected chi connectivity index (χ3v) is 3.76. The van der Waals surface area contributed by atoms with Crippen LogP contribution in [0.15, 0.2) is 42.7 Å². The van der Waals surface area contributed by atoms with Crippen molar-refractivity contribution in [2.75, 3.05) is 4.72 Å². The van der Waals surface area contributed by atoms with E-state index in [1.807, 2.05) is 0 Å². The van der Waals surface area contributed by atoms with Crippen LogP contribution in [0.4, 0.5) is 15.8 Å². The zero-order valence-electron chi connectivity index (χ0n) is 10.6. The standard InChI is InChI=1S/C12H10FN3O4S/c13-11-7-14-5-4-12(11)15-21(19,20)8-9-2-1-3-10(6-9)16(17)18/h1-7H,8H2,(H,14,15). The summed E-state index contributed by atoms with van der Waals surface area (Å²) >= 11 is 0. The average Bonchev–Trinajstić information content (AvgIpc) is 2.41. The van der Waals surface area contributed by atoms with Crippen molar-refractivity contribution in [3.05, 3.63) is 64.2 Å². The number of pyridine rings is 1. The molecule has 0 saturated heterocycles. The smallest absolute Gasteiger partial charge is 0.269 e. The van der Waals surface area contributed by atoms with Gasteiger partial charge in [0.05, 0.1) is 22.6 Å². The molecule has 0 saturated carbocycles. The molecule has 0 radical (unpaired) electrons. The average molecular weight is 311 g/mol. The zero-order chi connectivity index (χ0) is 15.5. The maximum absolute atomic E-state index is 13.3. The lowest BCUT2D eigenvalue weighted by molar-refractivity contribution is -0.384. The number of nitro benzene ring substituents is 1. The Morgan fingerprint density at radius 1 is 1.33 bits per heavy atom. The third kappa shape index (κ3) is 3.96. The van der Waals surface area contributed by atoms with Crippen LogP contribution in [0, 0.1) is 15.9 Å². The van der Waals surface area contributed by atoms with E-state index in [0.29, 0.717) is 0 Å². The van der Waals surface area contributed by atoms with Gasteiger partial charge in [-0.05, 0) is 11.6 Å². The van der Waals surface area contributed by atoms with Crippen LogP contribution in [0.5, 0.6) is 0 Å². The molecule has 0 aliphatic carbocycles. The number of sulfonamides is 1. The van der Waals surface area contributed by atoms with Gasteiger partial charge >= 0.3 is 0 Å². The van der Waals surface area contributed by atoms with Gasteiger partial charge in [-0.25, -0.2) is 12.8 Å². The number of rotatable bonds is 5.